The Balaban J connectivity index is 0. The molecule has 0 aromatic carbocycles. The number of hydrogen-bond donors (Lipinski definition) is 1. The first-order valence-electron chi connectivity index (χ1n) is 2.83. The molecule has 0 aliphatic rings. The van der Waals surface area contributed by atoms with Crippen LogP contribution in [0.5, 0.6) is 0 Å². The first-order chi connectivity index (χ1) is 3.72. The zero-order chi connectivity index (χ0) is 6.57. The Labute approximate surface area is 77.9 Å². The quantitative estimate of drug-likeness (QED) is 0.558. The normalized spacial score (nSPS) is 11.9. The summed E-state index contributed by atoms with van der Waals surface area (Å²) in [6.45, 7) is 3.39. The monoisotopic (exact) mass is 140 g/mol. The number of carbonyl (C=O) groups excluding carboxylic acids is 1. The number of rotatable bonds is 3. The zero-order valence-electron chi connectivity index (χ0n) is 5.35. The molecule has 0 heterocycles. The van der Waals surface area contributed by atoms with Crippen LogP contribution < -0.4 is 0 Å². The number of ketones is 1. The molecule has 0 spiro atoms. The van der Waals surface area contributed by atoms with E-state index in [1.807, 2.05) is 6.92 Å². The second kappa shape index (κ2) is 6.75. The van der Waals surface area contributed by atoms with Crippen LogP contribution >= 0.6 is 0 Å². The summed E-state index contributed by atoms with van der Waals surface area (Å²) in [5, 5.41) is 8.48. The van der Waals surface area contributed by atoms with Gasteiger partial charge < -0.3 is 5.11 Å². The average Bonchev–Trinajstić information content (AvgIpc) is 1.69. The van der Waals surface area contributed by atoms with Crippen molar-refractivity contribution in [1.82, 2.24) is 0 Å². The minimum absolute atomic E-state index is 0. The topological polar surface area (TPSA) is 37.3 Å². The summed E-state index contributed by atoms with van der Waals surface area (Å²) in [7, 11) is 0. The summed E-state index contributed by atoms with van der Waals surface area (Å²) < 4.78 is 0. The molecule has 50 valence electrons. The van der Waals surface area contributed by atoms with Crippen molar-refractivity contribution in [1.29, 1.82) is 0 Å². The van der Waals surface area contributed by atoms with Crippen molar-refractivity contribution in [3.05, 3.63) is 0 Å². The third-order valence-corrected chi connectivity index (χ3v) is 1.29. The minimum atomic E-state index is -0.130. The van der Waals surface area contributed by atoms with Crippen molar-refractivity contribution in [3.8, 4) is 0 Å². The Bertz CT molecular complexity index is 79.1. The molecule has 0 aromatic rings. The van der Waals surface area contributed by atoms with Gasteiger partial charge in [-0.2, -0.15) is 0 Å². The van der Waals surface area contributed by atoms with Crippen molar-refractivity contribution in [2.45, 2.75) is 20.3 Å². The van der Waals surface area contributed by atoms with Gasteiger partial charge >= 0.3 is 29.6 Å². The van der Waals surface area contributed by atoms with E-state index in [0.717, 1.165) is 6.42 Å². The molecule has 2 nitrogen and oxygen atoms in total. The number of hydrogen-bond acceptors (Lipinski definition) is 2. The molecule has 0 amide bonds. The van der Waals surface area contributed by atoms with Gasteiger partial charge in [0.15, 0.2) is 0 Å². The van der Waals surface area contributed by atoms with E-state index in [1.54, 1.807) is 0 Å². The maximum atomic E-state index is 10.4. The van der Waals surface area contributed by atoms with Crippen LogP contribution in [0.4, 0.5) is 0 Å². The molecular formula is C6H13NaO2. The van der Waals surface area contributed by atoms with Gasteiger partial charge in [0.1, 0.15) is 5.78 Å². The second-order valence-electron chi connectivity index (χ2n) is 1.90. The van der Waals surface area contributed by atoms with Crippen molar-refractivity contribution in [3.63, 3.8) is 0 Å². The van der Waals surface area contributed by atoms with E-state index in [9.17, 15) is 4.79 Å². The molecule has 0 radical (unpaired) electrons. The molecule has 1 N–H and O–H groups in total. The molecule has 1 atom stereocenters. The van der Waals surface area contributed by atoms with Gasteiger partial charge in [-0.3, -0.25) is 4.79 Å². The Hall–Kier alpha value is 0.630. The van der Waals surface area contributed by atoms with E-state index in [0.29, 0.717) is 0 Å². The van der Waals surface area contributed by atoms with Gasteiger partial charge in [0.25, 0.3) is 0 Å². The summed E-state index contributed by atoms with van der Waals surface area (Å²) in [6, 6.07) is 0. The van der Waals surface area contributed by atoms with Crippen molar-refractivity contribution < 1.29 is 9.90 Å². The number of aliphatic hydroxyl groups is 1. The van der Waals surface area contributed by atoms with Crippen LogP contribution in [0, 0.1) is 5.92 Å². The van der Waals surface area contributed by atoms with Gasteiger partial charge in [-0.15, -0.1) is 0 Å². The molecule has 0 saturated carbocycles. The first kappa shape index (κ1) is 12.3. The third-order valence-electron chi connectivity index (χ3n) is 1.29. The van der Waals surface area contributed by atoms with Gasteiger partial charge in [-0.25, -0.2) is 0 Å². The van der Waals surface area contributed by atoms with E-state index in [1.165, 1.54) is 6.92 Å². The average molecular weight is 140 g/mol. The predicted molar refractivity (Wildman–Crippen MR) is 38.7 cm³/mol. The summed E-state index contributed by atoms with van der Waals surface area (Å²) in [6.07, 6.45) is 0.742. The van der Waals surface area contributed by atoms with E-state index in [4.69, 9.17) is 5.11 Å². The van der Waals surface area contributed by atoms with Gasteiger partial charge in [-0.1, -0.05) is 6.92 Å². The SMILES string of the molecule is CCC(CO)C(C)=O.[NaH]. The van der Waals surface area contributed by atoms with Crippen LogP contribution in [0.1, 0.15) is 20.3 Å². The molecule has 0 bridgehead atoms. The van der Waals surface area contributed by atoms with Crippen LogP contribution in [0.2, 0.25) is 0 Å². The van der Waals surface area contributed by atoms with Crippen LogP contribution in [0.3, 0.4) is 0 Å². The van der Waals surface area contributed by atoms with E-state index < -0.39 is 0 Å². The molecule has 0 aliphatic heterocycles. The number of carbonyl (C=O) groups is 1. The Morgan fingerprint density at radius 2 is 2.11 bits per heavy atom. The first-order valence-corrected chi connectivity index (χ1v) is 2.83. The molecule has 0 saturated heterocycles. The molecule has 3 heteroatoms. The van der Waals surface area contributed by atoms with E-state index in [2.05, 4.69) is 0 Å². The molecular weight excluding hydrogens is 127 g/mol. The van der Waals surface area contributed by atoms with E-state index >= 15 is 0 Å². The maximum absolute atomic E-state index is 10.4. The number of aliphatic hydroxyl groups excluding tert-OH is 1. The van der Waals surface area contributed by atoms with Crippen LogP contribution in [-0.2, 0) is 4.79 Å². The molecule has 0 rings (SSSR count). The summed E-state index contributed by atoms with van der Waals surface area (Å²) in [5.41, 5.74) is 0. The Morgan fingerprint density at radius 1 is 1.67 bits per heavy atom. The Morgan fingerprint density at radius 3 is 2.11 bits per heavy atom. The van der Waals surface area contributed by atoms with Gasteiger partial charge in [0, 0.05) is 5.92 Å². The second-order valence-corrected chi connectivity index (χ2v) is 1.90. The van der Waals surface area contributed by atoms with Gasteiger partial charge in [-0.05, 0) is 13.3 Å². The molecule has 1 unspecified atom stereocenters. The van der Waals surface area contributed by atoms with Crippen molar-refractivity contribution >= 4 is 35.3 Å². The molecule has 0 aliphatic carbocycles. The van der Waals surface area contributed by atoms with Gasteiger partial charge in [0.05, 0.1) is 6.61 Å². The van der Waals surface area contributed by atoms with Crippen molar-refractivity contribution in [2.75, 3.05) is 6.61 Å². The van der Waals surface area contributed by atoms with Crippen LogP contribution in [0.15, 0.2) is 0 Å². The molecule has 9 heavy (non-hydrogen) atoms. The zero-order valence-corrected chi connectivity index (χ0v) is 5.35. The predicted octanol–water partition coefficient (Wildman–Crippen LogP) is -0.0546. The van der Waals surface area contributed by atoms with Crippen LogP contribution in [0.25, 0.3) is 0 Å². The van der Waals surface area contributed by atoms with Crippen LogP contribution in [-0.4, -0.2) is 47.1 Å². The van der Waals surface area contributed by atoms with Crippen molar-refractivity contribution in [2.24, 2.45) is 5.92 Å². The fourth-order valence-electron chi connectivity index (χ4n) is 0.545. The van der Waals surface area contributed by atoms with E-state index in [-0.39, 0.29) is 47.9 Å². The number of Topliss-reactive ketones (excluding diaryl/α,β-unsaturated/α-hetero) is 1. The third kappa shape index (κ3) is 5.09. The summed E-state index contributed by atoms with van der Waals surface area (Å²) in [5.74, 6) is -0.0509. The fraction of sp³-hybridized carbons (Fsp3) is 0.833. The molecule has 0 fully saturated rings. The molecule has 0 aromatic heterocycles. The fourth-order valence-corrected chi connectivity index (χ4v) is 0.545. The standard InChI is InChI=1S/C6H12O2.Na.H/c1-3-6(4-7)5(2)8;;/h6-7H,3-4H2,1-2H3;;. The summed E-state index contributed by atoms with van der Waals surface area (Å²) >= 11 is 0. The summed E-state index contributed by atoms with van der Waals surface area (Å²) in [4.78, 5) is 10.4. The van der Waals surface area contributed by atoms with Gasteiger partial charge in [0.2, 0.25) is 0 Å². The Kier molecular flexibility index (Phi) is 9.23.